The van der Waals surface area contributed by atoms with Crippen LogP contribution < -0.4 is 5.73 Å². The summed E-state index contributed by atoms with van der Waals surface area (Å²) in [5.41, 5.74) is 7.01. The minimum Gasteiger partial charge on any atom is -0.508 e. The molecule has 1 fully saturated rings. The molecule has 0 unspecified atom stereocenters. The SMILES string of the molecule is CC1(C)CN(C(=O)[C@@H](N)Cc2ccc(O)cc2)CCS1. The molecule has 0 spiro atoms. The fourth-order valence-electron chi connectivity index (χ4n) is 2.41. The second-order valence-electron chi connectivity index (χ2n) is 5.85. The standard InChI is InChI=1S/C15H22N2O2S/c1-15(2)10-17(7-8-20-15)14(19)13(16)9-11-3-5-12(18)6-4-11/h3-6,13,18H,7-10,16H2,1-2H3/t13-/m0/s1. The van der Waals surface area contributed by atoms with Gasteiger partial charge in [-0.2, -0.15) is 11.8 Å². The van der Waals surface area contributed by atoms with E-state index in [0.29, 0.717) is 6.42 Å². The number of hydrogen-bond acceptors (Lipinski definition) is 4. The van der Waals surface area contributed by atoms with Crippen molar-refractivity contribution in [2.24, 2.45) is 5.73 Å². The highest BCUT2D eigenvalue weighted by atomic mass is 32.2. The van der Waals surface area contributed by atoms with E-state index in [1.165, 1.54) is 0 Å². The largest absolute Gasteiger partial charge is 0.508 e. The maximum Gasteiger partial charge on any atom is 0.239 e. The fraction of sp³-hybridized carbons (Fsp3) is 0.533. The lowest BCUT2D eigenvalue weighted by atomic mass is 10.0. The summed E-state index contributed by atoms with van der Waals surface area (Å²) < 4.78 is 0.103. The quantitative estimate of drug-likeness (QED) is 0.889. The molecular formula is C15H22N2O2S. The minimum atomic E-state index is -0.515. The molecule has 20 heavy (non-hydrogen) atoms. The molecule has 0 aromatic heterocycles. The predicted molar refractivity (Wildman–Crippen MR) is 82.9 cm³/mol. The molecular weight excluding hydrogens is 272 g/mol. The zero-order chi connectivity index (χ0) is 14.8. The van der Waals surface area contributed by atoms with Crippen molar-refractivity contribution in [1.29, 1.82) is 0 Å². The van der Waals surface area contributed by atoms with Crippen LogP contribution in [0, 0.1) is 0 Å². The van der Waals surface area contributed by atoms with Crippen LogP contribution >= 0.6 is 11.8 Å². The first-order valence-corrected chi connectivity index (χ1v) is 7.82. The third-order valence-electron chi connectivity index (χ3n) is 3.45. The van der Waals surface area contributed by atoms with Crippen LogP contribution in [0.1, 0.15) is 19.4 Å². The van der Waals surface area contributed by atoms with Gasteiger partial charge in [0.05, 0.1) is 6.04 Å². The van der Waals surface area contributed by atoms with Crippen LogP contribution in [-0.4, -0.2) is 45.5 Å². The lowest BCUT2D eigenvalue weighted by Gasteiger charge is -2.38. The Balaban J connectivity index is 1.96. The number of phenols is 1. The zero-order valence-corrected chi connectivity index (χ0v) is 12.8. The van der Waals surface area contributed by atoms with Crippen LogP contribution in [0.4, 0.5) is 0 Å². The second-order valence-corrected chi connectivity index (χ2v) is 7.65. The van der Waals surface area contributed by atoms with Gasteiger partial charge < -0.3 is 15.7 Å². The normalized spacial score (nSPS) is 19.6. The first kappa shape index (κ1) is 15.2. The Bertz CT molecular complexity index is 473. The number of benzene rings is 1. The van der Waals surface area contributed by atoms with Gasteiger partial charge in [0.15, 0.2) is 0 Å². The van der Waals surface area contributed by atoms with Crippen molar-refractivity contribution in [2.75, 3.05) is 18.8 Å². The molecule has 1 heterocycles. The first-order chi connectivity index (χ1) is 9.37. The van der Waals surface area contributed by atoms with Gasteiger partial charge >= 0.3 is 0 Å². The molecule has 0 bridgehead atoms. The molecule has 1 aromatic rings. The lowest BCUT2D eigenvalue weighted by molar-refractivity contribution is -0.132. The van der Waals surface area contributed by atoms with E-state index in [1.54, 1.807) is 24.3 Å². The summed E-state index contributed by atoms with van der Waals surface area (Å²) >= 11 is 1.90. The summed E-state index contributed by atoms with van der Waals surface area (Å²) in [5, 5.41) is 9.25. The molecule has 0 saturated carbocycles. The number of carbonyl (C=O) groups excluding carboxylic acids is 1. The van der Waals surface area contributed by atoms with Crippen molar-refractivity contribution in [1.82, 2.24) is 4.90 Å². The smallest absolute Gasteiger partial charge is 0.239 e. The average Bonchev–Trinajstić information content (AvgIpc) is 2.39. The number of carbonyl (C=O) groups is 1. The topological polar surface area (TPSA) is 66.6 Å². The Hall–Kier alpha value is -1.20. The summed E-state index contributed by atoms with van der Waals surface area (Å²) in [7, 11) is 0. The third-order valence-corrected chi connectivity index (χ3v) is 4.74. The second kappa shape index (κ2) is 6.06. The van der Waals surface area contributed by atoms with Gasteiger partial charge in [-0.25, -0.2) is 0 Å². The number of nitrogens with two attached hydrogens (primary N) is 1. The van der Waals surface area contributed by atoms with Crippen molar-refractivity contribution in [3.63, 3.8) is 0 Å². The molecule has 3 N–H and O–H groups in total. The molecule has 110 valence electrons. The number of rotatable bonds is 3. The van der Waals surface area contributed by atoms with Crippen molar-refractivity contribution in [3.8, 4) is 5.75 Å². The maximum atomic E-state index is 12.4. The Morgan fingerprint density at radius 1 is 1.45 bits per heavy atom. The highest BCUT2D eigenvalue weighted by molar-refractivity contribution is 8.00. The van der Waals surface area contributed by atoms with Gasteiger partial charge in [0.1, 0.15) is 5.75 Å². The van der Waals surface area contributed by atoms with Crippen molar-refractivity contribution < 1.29 is 9.90 Å². The van der Waals surface area contributed by atoms with E-state index in [2.05, 4.69) is 13.8 Å². The molecule has 0 radical (unpaired) electrons. The molecule has 2 rings (SSSR count). The molecule has 1 saturated heterocycles. The summed E-state index contributed by atoms with van der Waals surface area (Å²) in [5.74, 6) is 1.21. The number of aromatic hydroxyl groups is 1. The van der Waals surface area contributed by atoms with E-state index >= 15 is 0 Å². The Labute approximate surface area is 124 Å². The van der Waals surface area contributed by atoms with Gasteiger partial charge in [0.2, 0.25) is 5.91 Å². The van der Waals surface area contributed by atoms with Crippen LogP contribution in [-0.2, 0) is 11.2 Å². The number of nitrogens with zero attached hydrogens (tertiary/aromatic N) is 1. The number of phenolic OH excluding ortho intramolecular Hbond substituents is 1. The van der Waals surface area contributed by atoms with Gasteiger partial charge in [-0.05, 0) is 38.0 Å². The Kier molecular flexibility index (Phi) is 4.60. The summed E-state index contributed by atoms with van der Waals surface area (Å²) in [4.78, 5) is 14.3. The third kappa shape index (κ3) is 3.90. The monoisotopic (exact) mass is 294 g/mol. The molecule has 4 nitrogen and oxygen atoms in total. The van der Waals surface area contributed by atoms with Gasteiger partial charge in [-0.3, -0.25) is 4.79 Å². The van der Waals surface area contributed by atoms with Crippen LogP contribution in [0.25, 0.3) is 0 Å². The van der Waals surface area contributed by atoms with Gasteiger partial charge in [-0.15, -0.1) is 0 Å². The number of thioether (sulfide) groups is 1. The van der Waals surface area contributed by atoms with Gasteiger partial charge in [0.25, 0.3) is 0 Å². The maximum absolute atomic E-state index is 12.4. The van der Waals surface area contributed by atoms with Crippen molar-refractivity contribution >= 4 is 17.7 Å². The Morgan fingerprint density at radius 2 is 2.10 bits per heavy atom. The predicted octanol–water partition coefficient (Wildman–Crippen LogP) is 1.62. The van der Waals surface area contributed by atoms with Gasteiger partial charge in [0, 0.05) is 23.6 Å². The molecule has 0 aliphatic carbocycles. The van der Waals surface area contributed by atoms with E-state index in [9.17, 15) is 9.90 Å². The van der Waals surface area contributed by atoms with E-state index in [4.69, 9.17) is 5.73 Å². The molecule has 1 amide bonds. The zero-order valence-electron chi connectivity index (χ0n) is 12.0. The van der Waals surface area contributed by atoms with Crippen LogP contribution in [0.2, 0.25) is 0 Å². The van der Waals surface area contributed by atoms with Crippen LogP contribution in [0.15, 0.2) is 24.3 Å². The van der Waals surface area contributed by atoms with E-state index in [1.807, 2.05) is 16.7 Å². The van der Waals surface area contributed by atoms with E-state index < -0.39 is 6.04 Å². The minimum absolute atomic E-state index is 0.0199. The van der Waals surface area contributed by atoms with Crippen molar-refractivity contribution in [3.05, 3.63) is 29.8 Å². The molecule has 1 atom stereocenters. The summed E-state index contributed by atoms with van der Waals surface area (Å²) in [6.07, 6.45) is 0.503. The molecule has 1 aromatic carbocycles. The highest BCUT2D eigenvalue weighted by Crippen LogP contribution is 2.29. The number of hydrogen-bond donors (Lipinski definition) is 2. The highest BCUT2D eigenvalue weighted by Gasteiger charge is 2.31. The van der Waals surface area contributed by atoms with Crippen LogP contribution in [0.3, 0.4) is 0 Å². The molecule has 5 heteroatoms. The Morgan fingerprint density at radius 3 is 2.70 bits per heavy atom. The van der Waals surface area contributed by atoms with Crippen molar-refractivity contribution in [2.45, 2.75) is 31.1 Å². The lowest BCUT2D eigenvalue weighted by Crippen LogP contribution is -2.52. The van der Waals surface area contributed by atoms with Crippen LogP contribution in [0.5, 0.6) is 5.75 Å². The van der Waals surface area contributed by atoms with E-state index in [0.717, 1.165) is 24.4 Å². The average molecular weight is 294 g/mol. The number of amides is 1. The summed E-state index contributed by atoms with van der Waals surface area (Å²) in [6, 6.07) is 6.33. The first-order valence-electron chi connectivity index (χ1n) is 6.84. The van der Waals surface area contributed by atoms with Gasteiger partial charge in [-0.1, -0.05) is 12.1 Å². The molecule has 1 aliphatic rings. The fourth-order valence-corrected chi connectivity index (χ4v) is 3.52. The summed E-state index contributed by atoms with van der Waals surface area (Å²) in [6.45, 7) is 5.83. The van der Waals surface area contributed by atoms with E-state index in [-0.39, 0.29) is 16.4 Å². The molecule has 1 aliphatic heterocycles.